The zero-order valence-electron chi connectivity index (χ0n) is 11.7. The van der Waals surface area contributed by atoms with E-state index in [4.69, 9.17) is 5.73 Å². The largest absolute Gasteiger partial charge is 0.350 e. The van der Waals surface area contributed by atoms with E-state index in [0.29, 0.717) is 25.3 Å². The number of hydrogen-bond donors (Lipinski definition) is 2. The van der Waals surface area contributed by atoms with E-state index in [-0.39, 0.29) is 11.3 Å². The number of carbonyl (C=O) groups excluding carboxylic acids is 1. The van der Waals surface area contributed by atoms with Crippen LogP contribution in [0.5, 0.6) is 0 Å². The Hall–Kier alpha value is -1.73. The first kappa shape index (κ1) is 14.7. The van der Waals surface area contributed by atoms with Crippen LogP contribution in [-0.2, 0) is 12.0 Å². The zero-order valence-corrected chi connectivity index (χ0v) is 12.5. The first-order chi connectivity index (χ1) is 9.53. The maximum absolute atomic E-state index is 12.0. The van der Waals surface area contributed by atoms with E-state index in [0.717, 1.165) is 0 Å². The molecule has 0 spiro atoms. The summed E-state index contributed by atoms with van der Waals surface area (Å²) >= 11 is 1.69. The van der Waals surface area contributed by atoms with Crippen LogP contribution in [0.3, 0.4) is 0 Å². The van der Waals surface area contributed by atoms with Crippen LogP contribution in [-0.4, -0.2) is 34.0 Å². The summed E-state index contributed by atoms with van der Waals surface area (Å²) in [7, 11) is 0. The van der Waals surface area contributed by atoms with Gasteiger partial charge in [-0.25, -0.2) is 0 Å². The molecular formula is C13H19N5OS. The summed E-state index contributed by atoms with van der Waals surface area (Å²) in [4.78, 5) is 13.3. The molecule has 0 saturated heterocycles. The summed E-state index contributed by atoms with van der Waals surface area (Å²) in [6.45, 7) is 5.78. The molecule has 0 radical (unpaired) electrons. The van der Waals surface area contributed by atoms with Crippen molar-refractivity contribution >= 4 is 17.2 Å². The molecule has 0 aliphatic heterocycles. The number of carbonyl (C=O) groups is 1. The molecule has 0 atom stereocenters. The molecule has 0 unspecified atom stereocenters. The van der Waals surface area contributed by atoms with Crippen LogP contribution in [0.1, 0.15) is 29.2 Å². The summed E-state index contributed by atoms with van der Waals surface area (Å²) in [6.07, 6.45) is 1.61. The van der Waals surface area contributed by atoms with E-state index < -0.39 is 0 Å². The minimum Gasteiger partial charge on any atom is -0.350 e. The highest BCUT2D eigenvalue weighted by atomic mass is 32.1. The molecule has 0 aliphatic carbocycles. The van der Waals surface area contributed by atoms with Gasteiger partial charge in [0.05, 0.1) is 12.7 Å². The second kappa shape index (κ2) is 6.15. The van der Waals surface area contributed by atoms with Crippen LogP contribution in [0.2, 0.25) is 0 Å². The summed E-state index contributed by atoms with van der Waals surface area (Å²) in [6, 6.07) is 4.09. The Morgan fingerprint density at radius 1 is 1.55 bits per heavy atom. The van der Waals surface area contributed by atoms with E-state index in [9.17, 15) is 4.79 Å². The lowest BCUT2D eigenvalue weighted by Crippen LogP contribution is -2.36. The van der Waals surface area contributed by atoms with E-state index >= 15 is 0 Å². The first-order valence-corrected chi connectivity index (χ1v) is 7.33. The van der Waals surface area contributed by atoms with Gasteiger partial charge in [0.2, 0.25) is 0 Å². The van der Waals surface area contributed by atoms with Gasteiger partial charge in [-0.2, -0.15) is 0 Å². The molecular weight excluding hydrogens is 274 g/mol. The van der Waals surface area contributed by atoms with Gasteiger partial charge in [0, 0.05) is 23.4 Å². The van der Waals surface area contributed by atoms with Gasteiger partial charge in [-0.1, -0.05) is 25.1 Å². The maximum Gasteiger partial charge on any atom is 0.273 e. The van der Waals surface area contributed by atoms with Gasteiger partial charge in [0.25, 0.3) is 5.91 Å². The Morgan fingerprint density at radius 3 is 3.00 bits per heavy atom. The number of nitrogens with one attached hydrogen (secondary N) is 1. The lowest BCUT2D eigenvalue weighted by Gasteiger charge is -2.23. The van der Waals surface area contributed by atoms with E-state index in [1.165, 1.54) is 4.88 Å². The fourth-order valence-corrected chi connectivity index (χ4v) is 2.64. The normalized spacial score (nSPS) is 11.6. The van der Waals surface area contributed by atoms with Gasteiger partial charge in [-0.3, -0.25) is 9.48 Å². The lowest BCUT2D eigenvalue weighted by atomic mass is 9.91. The average molecular weight is 293 g/mol. The number of nitrogens with two attached hydrogens (primary N) is 1. The molecule has 2 rings (SSSR count). The van der Waals surface area contributed by atoms with Crippen molar-refractivity contribution in [1.29, 1.82) is 0 Å². The first-order valence-electron chi connectivity index (χ1n) is 6.45. The number of rotatable bonds is 6. The third-order valence-corrected chi connectivity index (χ3v) is 4.24. The molecule has 7 heteroatoms. The van der Waals surface area contributed by atoms with Crippen molar-refractivity contribution in [1.82, 2.24) is 20.3 Å². The number of aromatic nitrogens is 3. The number of nitrogens with zero attached hydrogens (tertiary/aromatic N) is 3. The van der Waals surface area contributed by atoms with Crippen LogP contribution in [0.15, 0.2) is 23.7 Å². The van der Waals surface area contributed by atoms with Crippen LogP contribution >= 0.6 is 11.3 Å². The quantitative estimate of drug-likeness (QED) is 0.832. The summed E-state index contributed by atoms with van der Waals surface area (Å²) in [5.74, 6) is -0.210. The highest BCUT2D eigenvalue weighted by Gasteiger charge is 2.23. The maximum atomic E-state index is 12.0. The standard InChI is InChI=1S/C13H19N5OS/c1-13(2,11-4-3-7-20-11)9-15-12(19)10-8-18(6-5-14)17-16-10/h3-4,7-8H,5-6,9,14H2,1-2H3,(H,15,19). The Morgan fingerprint density at radius 2 is 2.35 bits per heavy atom. The summed E-state index contributed by atoms with van der Waals surface area (Å²) in [5.41, 5.74) is 5.65. The van der Waals surface area contributed by atoms with Gasteiger partial charge in [0.1, 0.15) is 0 Å². The molecule has 6 nitrogen and oxygen atoms in total. The molecule has 0 saturated carbocycles. The fraction of sp³-hybridized carbons (Fsp3) is 0.462. The van der Waals surface area contributed by atoms with Crippen molar-refractivity contribution in [2.75, 3.05) is 13.1 Å². The van der Waals surface area contributed by atoms with Crippen LogP contribution in [0.25, 0.3) is 0 Å². The molecule has 1 amide bonds. The van der Waals surface area contributed by atoms with Crippen LogP contribution in [0.4, 0.5) is 0 Å². The monoisotopic (exact) mass is 293 g/mol. The highest BCUT2D eigenvalue weighted by Crippen LogP contribution is 2.26. The molecule has 3 N–H and O–H groups in total. The third-order valence-electron chi connectivity index (χ3n) is 3.01. The van der Waals surface area contributed by atoms with Gasteiger partial charge in [0.15, 0.2) is 5.69 Å². The number of hydrogen-bond acceptors (Lipinski definition) is 5. The van der Waals surface area contributed by atoms with Gasteiger partial charge < -0.3 is 11.1 Å². The Balaban J connectivity index is 1.94. The second-order valence-corrected chi connectivity index (χ2v) is 6.15. The van der Waals surface area contributed by atoms with E-state index in [1.807, 2.05) is 11.4 Å². The highest BCUT2D eigenvalue weighted by molar-refractivity contribution is 7.10. The van der Waals surface area contributed by atoms with Crippen molar-refractivity contribution in [2.24, 2.45) is 5.73 Å². The molecule has 2 aromatic rings. The molecule has 0 aliphatic rings. The van der Waals surface area contributed by atoms with E-state index in [2.05, 4.69) is 35.5 Å². The minimum absolute atomic E-state index is 0.100. The molecule has 0 aromatic carbocycles. The molecule has 0 bridgehead atoms. The Labute approximate surface area is 122 Å². The Kier molecular flexibility index (Phi) is 4.51. The molecule has 2 heterocycles. The van der Waals surface area contributed by atoms with E-state index in [1.54, 1.807) is 22.2 Å². The third kappa shape index (κ3) is 3.43. The minimum atomic E-state index is -0.210. The van der Waals surface area contributed by atoms with Crippen LogP contribution in [0, 0.1) is 0 Å². The predicted molar refractivity (Wildman–Crippen MR) is 78.8 cm³/mol. The predicted octanol–water partition coefficient (Wildman–Crippen LogP) is 1.01. The second-order valence-electron chi connectivity index (χ2n) is 5.20. The van der Waals surface area contributed by atoms with Crippen molar-refractivity contribution < 1.29 is 4.79 Å². The fourth-order valence-electron chi connectivity index (χ4n) is 1.79. The zero-order chi connectivity index (χ0) is 14.6. The topological polar surface area (TPSA) is 85.8 Å². The van der Waals surface area contributed by atoms with Crippen molar-refractivity contribution in [3.05, 3.63) is 34.3 Å². The average Bonchev–Trinajstić information content (AvgIpc) is 3.07. The van der Waals surface area contributed by atoms with Crippen molar-refractivity contribution in [3.63, 3.8) is 0 Å². The SMILES string of the molecule is CC(C)(CNC(=O)c1cn(CCN)nn1)c1cccs1. The molecule has 2 aromatic heterocycles. The number of amides is 1. The molecule has 108 valence electrons. The molecule has 20 heavy (non-hydrogen) atoms. The van der Waals surface area contributed by atoms with Gasteiger partial charge in [-0.15, -0.1) is 16.4 Å². The van der Waals surface area contributed by atoms with Crippen LogP contribution < -0.4 is 11.1 Å². The number of thiophene rings is 1. The lowest BCUT2D eigenvalue weighted by molar-refractivity contribution is 0.0941. The smallest absolute Gasteiger partial charge is 0.273 e. The van der Waals surface area contributed by atoms with Gasteiger partial charge in [-0.05, 0) is 11.4 Å². The summed E-state index contributed by atoms with van der Waals surface area (Å²) in [5, 5.41) is 12.6. The van der Waals surface area contributed by atoms with Gasteiger partial charge >= 0.3 is 0 Å². The Bertz CT molecular complexity index is 561. The van der Waals surface area contributed by atoms with Crippen molar-refractivity contribution in [2.45, 2.75) is 25.8 Å². The summed E-state index contributed by atoms with van der Waals surface area (Å²) < 4.78 is 1.57. The molecule has 0 fully saturated rings. The van der Waals surface area contributed by atoms with Crippen molar-refractivity contribution in [3.8, 4) is 0 Å².